The Hall–Kier alpha value is -2.68. The number of anilines is 1. The molecule has 29 heavy (non-hydrogen) atoms. The molecule has 1 aromatic heterocycles. The molecule has 0 fully saturated rings. The summed E-state index contributed by atoms with van der Waals surface area (Å²) in [5, 5.41) is 7.10. The number of fused-ring (bicyclic) bond motifs is 1. The normalized spacial score (nSPS) is 14.4. The second-order valence-electron chi connectivity index (χ2n) is 7.25. The summed E-state index contributed by atoms with van der Waals surface area (Å²) in [5.74, 6) is -1.53. The van der Waals surface area contributed by atoms with Gasteiger partial charge in [-0.3, -0.25) is 9.59 Å². The Bertz CT molecular complexity index is 1040. The van der Waals surface area contributed by atoms with Gasteiger partial charge in [0.05, 0.1) is 22.9 Å². The van der Waals surface area contributed by atoms with Crippen LogP contribution in [0.4, 0.5) is 5.82 Å². The van der Waals surface area contributed by atoms with Gasteiger partial charge < -0.3 is 10.2 Å². The van der Waals surface area contributed by atoms with Crippen LogP contribution in [0.2, 0.25) is 0 Å². The van der Waals surface area contributed by atoms with Gasteiger partial charge in [-0.2, -0.15) is 5.10 Å². The van der Waals surface area contributed by atoms with Gasteiger partial charge >= 0.3 is 11.8 Å². The van der Waals surface area contributed by atoms with Gasteiger partial charge in [-0.1, -0.05) is 32.0 Å². The number of para-hydroxylation sites is 1. The average molecular weight is 419 g/mol. The van der Waals surface area contributed by atoms with E-state index in [9.17, 15) is 18.0 Å². The molecule has 2 heterocycles. The van der Waals surface area contributed by atoms with Crippen LogP contribution in [0.5, 0.6) is 0 Å². The predicted octanol–water partition coefficient (Wildman–Crippen LogP) is 2.20. The monoisotopic (exact) mass is 418 g/mol. The van der Waals surface area contributed by atoms with Crippen molar-refractivity contribution in [1.82, 2.24) is 14.7 Å². The van der Waals surface area contributed by atoms with Gasteiger partial charge in [0, 0.05) is 18.7 Å². The van der Waals surface area contributed by atoms with Crippen molar-refractivity contribution in [3.63, 3.8) is 0 Å². The van der Waals surface area contributed by atoms with Crippen LogP contribution in [0.3, 0.4) is 0 Å². The molecule has 3 rings (SSSR count). The highest BCUT2D eigenvalue weighted by molar-refractivity contribution is 7.90. The molecule has 1 aliphatic heterocycles. The molecular weight excluding hydrogens is 392 g/mol. The van der Waals surface area contributed by atoms with Crippen molar-refractivity contribution in [2.24, 2.45) is 0 Å². The number of sulfone groups is 1. The Morgan fingerprint density at radius 3 is 2.41 bits per heavy atom. The van der Waals surface area contributed by atoms with E-state index in [1.54, 1.807) is 0 Å². The highest BCUT2D eigenvalue weighted by atomic mass is 32.2. The zero-order valence-electron chi connectivity index (χ0n) is 16.9. The third-order valence-corrected chi connectivity index (χ3v) is 6.27. The first kappa shape index (κ1) is 21.0. The molecule has 0 spiro atoms. The van der Waals surface area contributed by atoms with Crippen molar-refractivity contribution < 1.29 is 18.0 Å². The first-order chi connectivity index (χ1) is 13.8. The summed E-state index contributed by atoms with van der Waals surface area (Å²) in [5.41, 5.74) is 2.50. The maximum absolute atomic E-state index is 12.7. The topological polar surface area (TPSA) is 101 Å². The van der Waals surface area contributed by atoms with Gasteiger partial charge in [-0.15, -0.1) is 0 Å². The molecule has 0 saturated heterocycles. The zero-order valence-corrected chi connectivity index (χ0v) is 17.8. The SMILES string of the molecule is CCCN(CCC)C(=O)C(=O)Nc1c2c(nn1-c1ccccc1C)CS(=O)(=O)C2. The average Bonchev–Trinajstić information content (AvgIpc) is 3.13. The summed E-state index contributed by atoms with van der Waals surface area (Å²) >= 11 is 0. The summed E-state index contributed by atoms with van der Waals surface area (Å²) in [6, 6.07) is 7.46. The van der Waals surface area contributed by atoms with Crippen molar-refractivity contribution in [2.45, 2.75) is 45.1 Å². The summed E-state index contributed by atoms with van der Waals surface area (Å²) in [4.78, 5) is 26.9. The highest BCUT2D eigenvalue weighted by Gasteiger charge is 2.34. The van der Waals surface area contributed by atoms with Crippen LogP contribution >= 0.6 is 0 Å². The maximum atomic E-state index is 12.7. The van der Waals surface area contributed by atoms with Crippen molar-refractivity contribution in [3.05, 3.63) is 41.1 Å². The quantitative estimate of drug-likeness (QED) is 0.725. The Balaban J connectivity index is 1.99. The van der Waals surface area contributed by atoms with Gasteiger partial charge in [0.2, 0.25) is 0 Å². The standard InChI is InChI=1S/C20H26N4O4S/c1-4-10-23(11-5-2)20(26)19(25)21-18-15-12-29(27,28)13-16(15)22-24(18)17-9-7-6-8-14(17)3/h6-9H,4-5,10-13H2,1-3H3,(H,21,25). The Morgan fingerprint density at radius 2 is 1.79 bits per heavy atom. The van der Waals surface area contributed by atoms with Crippen LogP contribution < -0.4 is 5.32 Å². The zero-order chi connectivity index (χ0) is 21.2. The molecule has 0 saturated carbocycles. The van der Waals surface area contributed by atoms with Gasteiger partial charge in [0.25, 0.3) is 0 Å². The molecule has 156 valence electrons. The van der Waals surface area contributed by atoms with Crippen molar-refractivity contribution >= 4 is 27.5 Å². The number of hydrogen-bond acceptors (Lipinski definition) is 5. The molecule has 0 unspecified atom stereocenters. The number of benzene rings is 1. The molecule has 2 amide bonds. The molecule has 0 atom stereocenters. The summed E-state index contributed by atoms with van der Waals surface area (Å²) < 4.78 is 25.7. The lowest BCUT2D eigenvalue weighted by Gasteiger charge is -2.21. The van der Waals surface area contributed by atoms with E-state index in [1.807, 2.05) is 45.0 Å². The highest BCUT2D eigenvalue weighted by Crippen LogP contribution is 2.33. The van der Waals surface area contributed by atoms with Crippen LogP contribution in [0.15, 0.2) is 24.3 Å². The van der Waals surface area contributed by atoms with E-state index < -0.39 is 21.7 Å². The second-order valence-corrected chi connectivity index (χ2v) is 9.32. The van der Waals surface area contributed by atoms with Gasteiger partial charge in [-0.25, -0.2) is 13.1 Å². The molecule has 0 radical (unpaired) electrons. The smallest absolute Gasteiger partial charge is 0.315 e. The van der Waals surface area contributed by atoms with Crippen molar-refractivity contribution in [3.8, 4) is 5.69 Å². The minimum Gasteiger partial charge on any atom is -0.334 e. The number of hydrogen-bond donors (Lipinski definition) is 1. The van der Waals surface area contributed by atoms with Crippen LogP contribution in [-0.2, 0) is 30.9 Å². The van der Waals surface area contributed by atoms with Crippen LogP contribution in [0, 0.1) is 6.92 Å². The fraction of sp³-hybridized carbons (Fsp3) is 0.450. The number of aryl methyl sites for hydroxylation is 1. The van der Waals surface area contributed by atoms with E-state index in [2.05, 4.69) is 10.4 Å². The lowest BCUT2D eigenvalue weighted by molar-refractivity contribution is -0.143. The lowest BCUT2D eigenvalue weighted by atomic mass is 10.2. The van der Waals surface area contributed by atoms with Crippen LogP contribution in [-0.4, -0.2) is 48.0 Å². The first-order valence-corrected chi connectivity index (χ1v) is 11.6. The lowest BCUT2D eigenvalue weighted by Crippen LogP contribution is -2.41. The summed E-state index contributed by atoms with van der Waals surface area (Å²) in [7, 11) is -3.31. The van der Waals surface area contributed by atoms with E-state index in [1.165, 1.54) is 9.58 Å². The van der Waals surface area contributed by atoms with E-state index in [0.29, 0.717) is 24.3 Å². The molecule has 1 aliphatic rings. The predicted molar refractivity (Wildman–Crippen MR) is 110 cm³/mol. The molecule has 0 bridgehead atoms. The van der Waals surface area contributed by atoms with Gasteiger partial charge in [0.15, 0.2) is 9.84 Å². The van der Waals surface area contributed by atoms with E-state index in [0.717, 1.165) is 24.1 Å². The maximum Gasteiger partial charge on any atom is 0.315 e. The molecule has 9 heteroatoms. The fourth-order valence-electron chi connectivity index (χ4n) is 3.51. The number of nitrogens with zero attached hydrogens (tertiary/aromatic N) is 3. The van der Waals surface area contributed by atoms with Gasteiger partial charge in [-0.05, 0) is 31.4 Å². The molecule has 2 aromatic rings. The van der Waals surface area contributed by atoms with E-state index in [-0.39, 0.29) is 17.3 Å². The molecule has 1 aromatic carbocycles. The number of aromatic nitrogens is 2. The van der Waals surface area contributed by atoms with Crippen molar-refractivity contribution in [1.29, 1.82) is 0 Å². The molecule has 8 nitrogen and oxygen atoms in total. The second kappa shape index (κ2) is 8.36. The number of amides is 2. The third-order valence-electron chi connectivity index (χ3n) is 4.83. The van der Waals surface area contributed by atoms with Crippen molar-refractivity contribution in [2.75, 3.05) is 18.4 Å². The van der Waals surface area contributed by atoms with Gasteiger partial charge in [0.1, 0.15) is 5.82 Å². The molecular formula is C20H26N4O4S. The Kier molecular flexibility index (Phi) is 6.07. The minimum atomic E-state index is -3.31. The Morgan fingerprint density at radius 1 is 1.14 bits per heavy atom. The fourth-order valence-corrected chi connectivity index (χ4v) is 5.00. The molecule has 1 N–H and O–H groups in total. The number of nitrogens with one attached hydrogen (secondary N) is 1. The largest absolute Gasteiger partial charge is 0.334 e. The third kappa shape index (κ3) is 4.34. The molecule has 0 aliphatic carbocycles. The summed E-state index contributed by atoms with van der Waals surface area (Å²) in [6.07, 6.45) is 1.49. The number of carbonyl (C=O) groups excluding carboxylic acids is 2. The van der Waals surface area contributed by atoms with E-state index >= 15 is 0 Å². The minimum absolute atomic E-state index is 0.171. The summed E-state index contributed by atoms with van der Waals surface area (Å²) in [6.45, 7) is 6.77. The first-order valence-electron chi connectivity index (χ1n) is 9.74. The van der Waals surface area contributed by atoms with E-state index in [4.69, 9.17) is 0 Å². The number of carbonyl (C=O) groups is 2. The number of rotatable bonds is 6. The Labute approximate surface area is 170 Å². The van der Waals surface area contributed by atoms with Crippen LogP contribution in [0.25, 0.3) is 5.69 Å². The van der Waals surface area contributed by atoms with Crippen LogP contribution in [0.1, 0.15) is 43.5 Å².